The van der Waals surface area contributed by atoms with Crippen LogP contribution in [0.1, 0.15) is 46.9 Å². The first-order chi connectivity index (χ1) is 15.0. The highest BCUT2D eigenvalue weighted by atomic mass is 32.1. The molecule has 3 heterocycles. The van der Waals surface area contributed by atoms with E-state index >= 15 is 0 Å². The zero-order valence-corrected chi connectivity index (χ0v) is 19.0. The van der Waals surface area contributed by atoms with Crippen LogP contribution in [0.25, 0.3) is 10.4 Å². The molecule has 0 aliphatic carbocycles. The van der Waals surface area contributed by atoms with Gasteiger partial charge in [0.05, 0.1) is 25.9 Å². The van der Waals surface area contributed by atoms with Crippen LogP contribution in [-0.4, -0.2) is 24.4 Å². The standard InChI is InChI=1S/C26H28O4S/c1-16-10-20-15-29-26(14-21(27)11-17(2)30-26)24(20)13-19(16)12-23-8-9-25(31-23)18-4-6-22(28-3)7-5-18/h4-10,13,17,21,27H,11-12,14-15H2,1-3H3/t17?,21?,26-/m1/s1. The van der Waals surface area contributed by atoms with E-state index in [1.54, 1.807) is 7.11 Å². The number of ether oxygens (including phenoxy) is 3. The van der Waals surface area contributed by atoms with Crippen molar-refractivity contribution in [1.82, 2.24) is 0 Å². The van der Waals surface area contributed by atoms with Crippen molar-refractivity contribution in [2.24, 2.45) is 0 Å². The molecule has 1 N–H and O–H groups in total. The third-order valence-corrected chi connectivity index (χ3v) is 7.47. The number of rotatable bonds is 4. The number of methoxy groups -OCH3 is 1. The van der Waals surface area contributed by atoms with Gasteiger partial charge in [0.15, 0.2) is 5.79 Å². The van der Waals surface area contributed by atoms with Crippen LogP contribution in [-0.2, 0) is 28.3 Å². The average molecular weight is 437 g/mol. The van der Waals surface area contributed by atoms with Gasteiger partial charge in [-0.05, 0) is 85.0 Å². The molecule has 3 aromatic rings. The maximum Gasteiger partial charge on any atom is 0.198 e. The van der Waals surface area contributed by atoms with Gasteiger partial charge in [-0.3, -0.25) is 0 Å². The summed E-state index contributed by atoms with van der Waals surface area (Å²) in [6.07, 6.45) is 1.59. The summed E-state index contributed by atoms with van der Waals surface area (Å²) in [5, 5.41) is 10.4. The summed E-state index contributed by atoms with van der Waals surface area (Å²) in [7, 11) is 1.69. The first-order valence-corrected chi connectivity index (χ1v) is 11.6. The van der Waals surface area contributed by atoms with E-state index in [0.717, 1.165) is 17.7 Å². The molecular weight excluding hydrogens is 408 g/mol. The van der Waals surface area contributed by atoms with Gasteiger partial charge in [0.2, 0.25) is 0 Å². The number of thiophene rings is 1. The maximum absolute atomic E-state index is 10.4. The lowest BCUT2D eigenvalue weighted by Crippen LogP contribution is -2.43. The van der Waals surface area contributed by atoms with Crippen molar-refractivity contribution in [3.05, 3.63) is 75.7 Å². The zero-order valence-electron chi connectivity index (χ0n) is 18.2. The topological polar surface area (TPSA) is 47.9 Å². The summed E-state index contributed by atoms with van der Waals surface area (Å²) in [6, 6.07) is 17.1. The first kappa shape index (κ1) is 20.7. The SMILES string of the molecule is COc1ccc(-c2ccc(Cc3cc4c(cc3C)CO[C@@]43CC(O)CC(C)O3)s2)cc1. The summed E-state index contributed by atoms with van der Waals surface area (Å²) < 4.78 is 17.7. The van der Waals surface area contributed by atoms with Crippen molar-refractivity contribution in [1.29, 1.82) is 0 Å². The molecule has 5 rings (SSSR count). The van der Waals surface area contributed by atoms with E-state index in [0.29, 0.717) is 19.4 Å². The van der Waals surface area contributed by atoms with Crippen molar-refractivity contribution < 1.29 is 19.3 Å². The Balaban J connectivity index is 1.42. The van der Waals surface area contributed by atoms with Gasteiger partial charge in [-0.15, -0.1) is 11.3 Å². The molecule has 0 bridgehead atoms. The quantitative estimate of drug-likeness (QED) is 0.581. The van der Waals surface area contributed by atoms with Crippen molar-refractivity contribution in [2.45, 2.75) is 57.7 Å². The van der Waals surface area contributed by atoms with Crippen LogP contribution < -0.4 is 4.74 Å². The second-order valence-corrected chi connectivity index (χ2v) is 9.84. The first-order valence-electron chi connectivity index (χ1n) is 10.8. The summed E-state index contributed by atoms with van der Waals surface area (Å²) in [5.41, 5.74) is 6.01. The molecule has 4 nitrogen and oxygen atoms in total. The van der Waals surface area contributed by atoms with Gasteiger partial charge in [0.1, 0.15) is 5.75 Å². The van der Waals surface area contributed by atoms with E-state index in [9.17, 15) is 5.11 Å². The molecule has 2 aromatic carbocycles. The van der Waals surface area contributed by atoms with Crippen molar-refractivity contribution >= 4 is 11.3 Å². The highest BCUT2D eigenvalue weighted by Gasteiger charge is 2.47. The molecule has 0 radical (unpaired) electrons. The van der Waals surface area contributed by atoms with Gasteiger partial charge in [0, 0.05) is 28.2 Å². The Morgan fingerprint density at radius 3 is 2.71 bits per heavy atom. The molecule has 1 spiro atoms. The second-order valence-electron chi connectivity index (χ2n) is 8.67. The number of fused-ring (bicyclic) bond motifs is 2. The fraction of sp³-hybridized carbons (Fsp3) is 0.385. The Morgan fingerprint density at radius 1 is 1.16 bits per heavy atom. The van der Waals surface area contributed by atoms with Crippen molar-refractivity contribution in [2.75, 3.05) is 7.11 Å². The molecule has 31 heavy (non-hydrogen) atoms. The molecule has 162 valence electrons. The van der Waals surface area contributed by atoms with Crippen LogP contribution in [0.15, 0.2) is 48.5 Å². The van der Waals surface area contributed by atoms with Crippen molar-refractivity contribution in [3.8, 4) is 16.2 Å². The molecule has 5 heteroatoms. The normalized spacial score (nSPS) is 25.0. The second kappa shape index (κ2) is 8.06. The van der Waals surface area contributed by atoms with Gasteiger partial charge < -0.3 is 19.3 Å². The van der Waals surface area contributed by atoms with Gasteiger partial charge in [-0.1, -0.05) is 6.07 Å². The molecule has 2 aliphatic rings. The third kappa shape index (κ3) is 3.92. The molecule has 1 fully saturated rings. The number of benzene rings is 2. The zero-order chi connectivity index (χ0) is 21.6. The van der Waals surface area contributed by atoms with Crippen LogP contribution in [0.4, 0.5) is 0 Å². The smallest absolute Gasteiger partial charge is 0.198 e. The minimum Gasteiger partial charge on any atom is -0.497 e. The van der Waals surface area contributed by atoms with E-state index in [4.69, 9.17) is 14.2 Å². The number of aliphatic hydroxyl groups excluding tert-OH is 1. The summed E-state index contributed by atoms with van der Waals surface area (Å²) in [4.78, 5) is 2.57. The predicted octanol–water partition coefficient (Wildman–Crippen LogP) is 5.57. The van der Waals surface area contributed by atoms with E-state index in [1.807, 2.05) is 30.4 Å². The number of aryl methyl sites for hydroxylation is 1. The highest BCUT2D eigenvalue weighted by Crippen LogP contribution is 2.46. The Bertz CT molecular complexity index is 1080. The lowest BCUT2D eigenvalue weighted by molar-refractivity contribution is -0.295. The fourth-order valence-corrected chi connectivity index (χ4v) is 5.82. The monoisotopic (exact) mass is 436 g/mol. The fourth-order valence-electron chi connectivity index (χ4n) is 4.78. The molecule has 3 atom stereocenters. The van der Waals surface area contributed by atoms with Gasteiger partial charge >= 0.3 is 0 Å². The van der Waals surface area contributed by atoms with Crippen LogP contribution in [0.3, 0.4) is 0 Å². The van der Waals surface area contributed by atoms with Gasteiger partial charge in [-0.2, -0.15) is 0 Å². The molecule has 1 aromatic heterocycles. The Morgan fingerprint density at radius 2 is 1.97 bits per heavy atom. The van der Waals surface area contributed by atoms with Gasteiger partial charge in [0.25, 0.3) is 0 Å². The van der Waals surface area contributed by atoms with Crippen LogP contribution in [0.2, 0.25) is 0 Å². The molecule has 2 unspecified atom stereocenters. The molecule has 2 aliphatic heterocycles. The van der Waals surface area contributed by atoms with Crippen LogP contribution in [0, 0.1) is 6.92 Å². The minimum atomic E-state index is -0.807. The summed E-state index contributed by atoms with van der Waals surface area (Å²) in [5.74, 6) is 0.0632. The van der Waals surface area contributed by atoms with E-state index in [2.05, 4.69) is 43.3 Å². The molecule has 0 amide bonds. The van der Waals surface area contributed by atoms with Crippen molar-refractivity contribution in [3.63, 3.8) is 0 Å². The molecule has 0 saturated carbocycles. The third-order valence-electron chi connectivity index (χ3n) is 6.33. The van der Waals surface area contributed by atoms with E-state index in [1.165, 1.54) is 32.0 Å². The lowest BCUT2D eigenvalue weighted by Gasteiger charge is -2.39. The Kier molecular flexibility index (Phi) is 5.39. The van der Waals surface area contributed by atoms with Crippen LogP contribution >= 0.6 is 11.3 Å². The Labute approximate surface area is 187 Å². The molecular formula is C26H28O4S. The number of aliphatic hydroxyl groups is 1. The summed E-state index contributed by atoms with van der Waals surface area (Å²) in [6.45, 7) is 4.71. The lowest BCUT2D eigenvalue weighted by atomic mass is 9.89. The number of hydrogen-bond donors (Lipinski definition) is 1. The average Bonchev–Trinajstić information content (AvgIpc) is 3.33. The summed E-state index contributed by atoms with van der Waals surface area (Å²) >= 11 is 1.82. The van der Waals surface area contributed by atoms with E-state index in [-0.39, 0.29) is 6.10 Å². The highest BCUT2D eigenvalue weighted by molar-refractivity contribution is 7.15. The van der Waals surface area contributed by atoms with E-state index < -0.39 is 11.9 Å². The minimum absolute atomic E-state index is 0.0243. The Hall–Kier alpha value is -2.18. The largest absolute Gasteiger partial charge is 0.497 e. The number of hydrogen-bond acceptors (Lipinski definition) is 5. The predicted molar refractivity (Wildman–Crippen MR) is 123 cm³/mol. The maximum atomic E-state index is 10.4. The van der Waals surface area contributed by atoms with Gasteiger partial charge in [-0.25, -0.2) is 0 Å². The van der Waals surface area contributed by atoms with Crippen LogP contribution in [0.5, 0.6) is 5.75 Å². The molecule has 1 saturated heterocycles.